The van der Waals surface area contributed by atoms with Crippen LogP contribution in [0.15, 0.2) is 58.1 Å². The van der Waals surface area contributed by atoms with Crippen molar-refractivity contribution in [1.82, 2.24) is 10.1 Å². The number of carbonyl (C=O) groups is 1. The van der Waals surface area contributed by atoms with Gasteiger partial charge in [0.2, 0.25) is 0 Å². The van der Waals surface area contributed by atoms with Gasteiger partial charge >= 0.3 is 0 Å². The van der Waals surface area contributed by atoms with Crippen molar-refractivity contribution in [2.45, 2.75) is 12.8 Å². The van der Waals surface area contributed by atoms with Crippen molar-refractivity contribution >= 4 is 22.9 Å². The first kappa shape index (κ1) is 13.6. The van der Waals surface area contributed by atoms with Crippen LogP contribution in [0.4, 0.5) is 0 Å². The van der Waals surface area contributed by atoms with Crippen LogP contribution in [0.3, 0.4) is 0 Å². The second-order valence-corrected chi connectivity index (χ2v) is 5.41. The average molecular weight is 303 g/mol. The first-order valence-electron chi connectivity index (χ1n) is 7.31. The van der Waals surface area contributed by atoms with Gasteiger partial charge in [-0.1, -0.05) is 41.6 Å². The minimum absolute atomic E-state index is 0.284. The molecule has 0 aliphatic carbocycles. The summed E-state index contributed by atoms with van der Waals surface area (Å²) in [6.45, 7) is 2.06. The monoisotopic (exact) mass is 303 g/mol. The van der Waals surface area contributed by atoms with Crippen molar-refractivity contribution in [2.24, 2.45) is 4.99 Å². The lowest BCUT2D eigenvalue weighted by Gasteiger charge is -2.06. The molecule has 2 heterocycles. The van der Waals surface area contributed by atoms with Gasteiger partial charge in [0.25, 0.3) is 11.8 Å². The normalized spacial score (nSPS) is 17.1. The molecule has 1 aromatic heterocycles. The number of aromatic nitrogens is 2. The number of nitrogens with zero attached hydrogens (tertiary/aromatic N) is 3. The third kappa shape index (κ3) is 2.26. The Morgan fingerprint density at radius 3 is 2.74 bits per heavy atom. The fourth-order valence-electron chi connectivity index (χ4n) is 2.74. The van der Waals surface area contributed by atoms with E-state index in [-0.39, 0.29) is 5.91 Å². The highest BCUT2D eigenvalue weighted by Gasteiger charge is 2.25. The van der Waals surface area contributed by atoms with E-state index in [0.717, 1.165) is 16.3 Å². The van der Waals surface area contributed by atoms with Crippen molar-refractivity contribution in [1.29, 1.82) is 0 Å². The SMILES string of the molecule is Cc1ccc(-c2nc(C3C=CC=NC3=O)no2)c2ccccc12. The van der Waals surface area contributed by atoms with Gasteiger partial charge in [0.1, 0.15) is 5.92 Å². The second-order valence-electron chi connectivity index (χ2n) is 5.41. The molecule has 0 bridgehead atoms. The van der Waals surface area contributed by atoms with Gasteiger partial charge < -0.3 is 4.52 Å². The molecule has 1 unspecified atom stereocenters. The predicted octanol–water partition coefficient (Wildman–Crippen LogP) is 3.45. The van der Waals surface area contributed by atoms with Crippen molar-refractivity contribution < 1.29 is 9.32 Å². The maximum atomic E-state index is 11.8. The summed E-state index contributed by atoms with van der Waals surface area (Å²) in [5, 5.41) is 6.15. The second kappa shape index (κ2) is 5.28. The van der Waals surface area contributed by atoms with Crippen LogP contribution < -0.4 is 0 Å². The highest BCUT2D eigenvalue weighted by molar-refractivity contribution is 5.98. The minimum atomic E-state index is -0.575. The summed E-state index contributed by atoms with van der Waals surface area (Å²) in [7, 11) is 0. The van der Waals surface area contributed by atoms with Gasteiger partial charge in [-0.25, -0.2) is 4.99 Å². The highest BCUT2D eigenvalue weighted by Crippen LogP contribution is 2.30. The average Bonchev–Trinajstić information content (AvgIpc) is 3.05. The summed E-state index contributed by atoms with van der Waals surface area (Å²) in [6.07, 6.45) is 4.90. The van der Waals surface area contributed by atoms with E-state index in [2.05, 4.69) is 28.1 Å². The molecule has 2 aromatic carbocycles. The van der Waals surface area contributed by atoms with E-state index in [9.17, 15) is 4.79 Å². The molecule has 1 atom stereocenters. The third-order valence-electron chi connectivity index (χ3n) is 3.95. The van der Waals surface area contributed by atoms with E-state index in [1.165, 1.54) is 11.8 Å². The van der Waals surface area contributed by atoms with Gasteiger partial charge in [0, 0.05) is 11.8 Å². The number of allylic oxidation sites excluding steroid dienone is 1. The number of hydrogen-bond donors (Lipinski definition) is 0. The van der Waals surface area contributed by atoms with Gasteiger partial charge in [-0.3, -0.25) is 4.79 Å². The first-order valence-corrected chi connectivity index (χ1v) is 7.31. The fourth-order valence-corrected chi connectivity index (χ4v) is 2.74. The Labute approximate surface area is 132 Å². The first-order chi connectivity index (χ1) is 11.2. The summed E-state index contributed by atoms with van der Waals surface area (Å²) < 4.78 is 5.40. The van der Waals surface area contributed by atoms with Crippen LogP contribution in [0.2, 0.25) is 0 Å². The summed E-state index contributed by atoms with van der Waals surface area (Å²) in [6, 6.07) is 12.1. The zero-order valence-corrected chi connectivity index (χ0v) is 12.4. The smallest absolute Gasteiger partial charge is 0.260 e. The minimum Gasteiger partial charge on any atom is -0.334 e. The molecule has 4 rings (SSSR count). The molecule has 0 fully saturated rings. The van der Waals surface area contributed by atoms with Crippen molar-refractivity contribution in [2.75, 3.05) is 0 Å². The summed E-state index contributed by atoms with van der Waals surface area (Å²) in [5.41, 5.74) is 2.05. The summed E-state index contributed by atoms with van der Waals surface area (Å²) in [5.74, 6) is -0.113. The Bertz CT molecular complexity index is 969. The summed E-state index contributed by atoms with van der Waals surface area (Å²) >= 11 is 0. The van der Waals surface area contributed by atoms with Crippen molar-refractivity contribution in [3.05, 3.63) is 59.9 Å². The number of fused-ring (bicyclic) bond motifs is 1. The molecule has 112 valence electrons. The Hall–Kier alpha value is -3.08. The van der Waals surface area contributed by atoms with E-state index in [0.29, 0.717) is 11.7 Å². The van der Waals surface area contributed by atoms with Gasteiger partial charge in [0.05, 0.1) is 0 Å². The topological polar surface area (TPSA) is 68.3 Å². The van der Waals surface area contributed by atoms with E-state index in [4.69, 9.17) is 4.52 Å². The van der Waals surface area contributed by atoms with Crippen LogP contribution in [-0.2, 0) is 4.79 Å². The Kier molecular flexibility index (Phi) is 3.12. The maximum absolute atomic E-state index is 11.8. The molecule has 3 aromatic rings. The number of aryl methyl sites for hydroxylation is 1. The van der Waals surface area contributed by atoms with Crippen LogP contribution >= 0.6 is 0 Å². The van der Waals surface area contributed by atoms with Crippen LogP contribution in [0.5, 0.6) is 0 Å². The molecule has 0 saturated heterocycles. The van der Waals surface area contributed by atoms with Crippen LogP contribution in [0.1, 0.15) is 17.3 Å². The van der Waals surface area contributed by atoms with Crippen molar-refractivity contribution in [3.63, 3.8) is 0 Å². The van der Waals surface area contributed by atoms with Crippen LogP contribution in [0, 0.1) is 6.92 Å². The molecular formula is C18H13N3O2. The van der Waals surface area contributed by atoms with Gasteiger partial charge in [0.15, 0.2) is 5.82 Å². The number of dihydropyridines is 1. The standard InChI is InChI=1S/C18H13N3O2/c1-11-8-9-14(13-6-3-2-5-12(11)13)18-20-16(21-23-18)15-7-4-10-19-17(15)22/h2-10,15H,1H3. The Morgan fingerprint density at radius 1 is 1.09 bits per heavy atom. The molecule has 0 radical (unpaired) electrons. The lowest BCUT2D eigenvalue weighted by atomic mass is 10.0. The largest absolute Gasteiger partial charge is 0.334 e. The molecule has 23 heavy (non-hydrogen) atoms. The van der Waals surface area contributed by atoms with Crippen LogP contribution in [-0.4, -0.2) is 22.3 Å². The quantitative estimate of drug-likeness (QED) is 0.727. The number of rotatable bonds is 2. The molecule has 0 N–H and O–H groups in total. The molecule has 0 spiro atoms. The lowest BCUT2D eigenvalue weighted by molar-refractivity contribution is -0.118. The molecule has 1 aliphatic rings. The number of hydrogen-bond acceptors (Lipinski definition) is 4. The molecule has 5 nitrogen and oxygen atoms in total. The fraction of sp³-hybridized carbons (Fsp3) is 0.111. The van der Waals surface area contributed by atoms with Gasteiger partial charge in [-0.05, 0) is 35.4 Å². The number of aliphatic imine (C=N–C) groups is 1. The van der Waals surface area contributed by atoms with Crippen LogP contribution in [0.25, 0.3) is 22.2 Å². The van der Waals surface area contributed by atoms with E-state index >= 15 is 0 Å². The highest BCUT2D eigenvalue weighted by atomic mass is 16.5. The zero-order chi connectivity index (χ0) is 15.8. The summed E-state index contributed by atoms with van der Waals surface area (Å²) in [4.78, 5) is 20.0. The Morgan fingerprint density at radius 2 is 1.91 bits per heavy atom. The number of amides is 1. The van der Waals surface area contributed by atoms with Gasteiger partial charge in [-0.15, -0.1) is 0 Å². The third-order valence-corrected chi connectivity index (χ3v) is 3.95. The van der Waals surface area contributed by atoms with E-state index in [1.54, 1.807) is 12.2 Å². The van der Waals surface area contributed by atoms with Gasteiger partial charge in [-0.2, -0.15) is 4.98 Å². The molecule has 1 amide bonds. The van der Waals surface area contributed by atoms with E-state index in [1.807, 2.05) is 30.3 Å². The zero-order valence-electron chi connectivity index (χ0n) is 12.4. The molecule has 1 aliphatic heterocycles. The molecule has 5 heteroatoms. The predicted molar refractivity (Wildman–Crippen MR) is 87.4 cm³/mol. The number of carbonyl (C=O) groups excluding carboxylic acids is 1. The molecular weight excluding hydrogens is 290 g/mol. The lowest BCUT2D eigenvalue weighted by Crippen LogP contribution is -2.12. The van der Waals surface area contributed by atoms with E-state index < -0.39 is 5.92 Å². The maximum Gasteiger partial charge on any atom is 0.260 e. The molecule has 0 saturated carbocycles. The Balaban J connectivity index is 1.81. The van der Waals surface area contributed by atoms with Crippen molar-refractivity contribution in [3.8, 4) is 11.5 Å². The number of benzene rings is 2.